The Bertz CT molecular complexity index is 211. The molecule has 1 saturated carbocycles. The van der Waals surface area contributed by atoms with Crippen molar-refractivity contribution in [1.82, 2.24) is 10.2 Å². The first-order valence-corrected chi connectivity index (χ1v) is 6.88. The molecule has 3 rings (SSSR count). The largest absolute Gasteiger partial charge is 0.316 e. The van der Waals surface area contributed by atoms with Gasteiger partial charge in [-0.15, -0.1) is 0 Å². The van der Waals surface area contributed by atoms with Crippen LogP contribution in [-0.2, 0) is 0 Å². The Kier molecular flexibility index (Phi) is 2.98. The van der Waals surface area contributed by atoms with Crippen molar-refractivity contribution >= 4 is 0 Å². The number of rotatable bonds is 2. The van der Waals surface area contributed by atoms with Gasteiger partial charge in [0.05, 0.1) is 0 Å². The highest BCUT2D eigenvalue weighted by Gasteiger charge is 2.35. The van der Waals surface area contributed by atoms with Gasteiger partial charge in [-0.05, 0) is 63.6 Å². The normalized spacial score (nSPS) is 42.0. The zero-order chi connectivity index (χ0) is 10.1. The molecular formula is C13H24N2. The molecule has 2 saturated heterocycles. The van der Waals surface area contributed by atoms with Crippen LogP contribution in [0, 0.1) is 11.8 Å². The molecule has 0 radical (unpaired) electrons. The number of fused-ring (bicyclic) bond motifs is 1. The van der Waals surface area contributed by atoms with Gasteiger partial charge in [0, 0.05) is 12.6 Å². The highest BCUT2D eigenvalue weighted by atomic mass is 15.2. The minimum Gasteiger partial charge on any atom is -0.316 e. The Morgan fingerprint density at radius 3 is 2.87 bits per heavy atom. The summed E-state index contributed by atoms with van der Waals surface area (Å²) in [6.45, 7) is 5.30. The van der Waals surface area contributed by atoms with Gasteiger partial charge in [-0.25, -0.2) is 0 Å². The average Bonchev–Trinajstić information content (AvgIpc) is 2.87. The molecule has 2 heterocycles. The SMILES string of the molecule is C1CC2CCCN(CC3CCNC3)C2C1. The Labute approximate surface area is 93.4 Å². The molecular weight excluding hydrogens is 184 g/mol. The third-order valence-electron chi connectivity index (χ3n) is 4.76. The average molecular weight is 208 g/mol. The monoisotopic (exact) mass is 208 g/mol. The van der Waals surface area contributed by atoms with E-state index in [2.05, 4.69) is 10.2 Å². The lowest BCUT2D eigenvalue weighted by Crippen LogP contribution is -2.45. The van der Waals surface area contributed by atoms with Crippen LogP contribution >= 0.6 is 0 Å². The summed E-state index contributed by atoms with van der Waals surface area (Å²) in [7, 11) is 0. The van der Waals surface area contributed by atoms with E-state index in [-0.39, 0.29) is 0 Å². The van der Waals surface area contributed by atoms with E-state index in [1.54, 1.807) is 0 Å². The molecule has 0 aromatic heterocycles. The molecule has 2 heteroatoms. The van der Waals surface area contributed by atoms with Gasteiger partial charge in [-0.1, -0.05) is 6.42 Å². The van der Waals surface area contributed by atoms with Crippen LogP contribution in [0.15, 0.2) is 0 Å². The van der Waals surface area contributed by atoms with Gasteiger partial charge in [0.2, 0.25) is 0 Å². The molecule has 3 fully saturated rings. The quantitative estimate of drug-likeness (QED) is 0.745. The summed E-state index contributed by atoms with van der Waals surface area (Å²) in [5.41, 5.74) is 0. The van der Waals surface area contributed by atoms with Crippen molar-refractivity contribution in [2.75, 3.05) is 26.2 Å². The van der Waals surface area contributed by atoms with Crippen LogP contribution in [0.1, 0.15) is 38.5 Å². The topological polar surface area (TPSA) is 15.3 Å². The maximum absolute atomic E-state index is 3.49. The van der Waals surface area contributed by atoms with Crippen LogP contribution in [0.2, 0.25) is 0 Å². The van der Waals surface area contributed by atoms with E-state index in [0.717, 1.165) is 17.9 Å². The van der Waals surface area contributed by atoms with E-state index >= 15 is 0 Å². The van der Waals surface area contributed by atoms with Crippen LogP contribution < -0.4 is 5.32 Å². The third-order valence-corrected chi connectivity index (χ3v) is 4.76. The third kappa shape index (κ3) is 2.07. The summed E-state index contributed by atoms with van der Waals surface area (Å²) >= 11 is 0. The zero-order valence-electron chi connectivity index (χ0n) is 9.75. The number of nitrogens with one attached hydrogen (secondary N) is 1. The zero-order valence-corrected chi connectivity index (χ0v) is 9.75. The minimum absolute atomic E-state index is 0.948. The van der Waals surface area contributed by atoms with Crippen molar-refractivity contribution in [3.05, 3.63) is 0 Å². The van der Waals surface area contributed by atoms with Crippen molar-refractivity contribution in [2.24, 2.45) is 11.8 Å². The summed E-state index contributed by atoms with van der Waals surface area (Å²) in [5, 5.41) is 3.49. The highest BCUT2D eigenvalue weighted by Crippen LogP contribution is 2.37. The van der Waals surface area contributed by atoms with E-state index in [0.29, 0.717) is 0 Å². The molecule has 1 N–H and O–H groups in total. The fraction of sp³-hybridized carbons (Fsp3) is 1.00. The second-order valence-electron chi connectivity index (χ2n) is 5.75. The van der Waals surface area contributed by atoms with Crippen LogP contribution in [0.5, 0.6) is 0 Å². The molecule has 2 aliphatic heterocycles. The maximum Gasteiger partial charge on any atom is 0.0124 e. The molecule has 3 unspecified atom stereocenters. The van der Waals surface area contributed by atoms with Gasteiger partial charge < -0.3 is 5.32 Å². The summed E-state index contributed by atoms with van der Waals surface area (Å²) in [5.74, 6) is 2.01. The lowest BCUT2D eigenvalue weighted by atomic mass is 9.91. The summed E-state index contributed by atoms with van der Waals surface area (Å²) < 4.78 is 0. The minimum atomic E-state index is 0.948. The first-order chi connectivity index (χ1) is 7.43. The molecule has 0 aromatic rings. The summed E-state index contributed by atoms with van der Waals surface area (Å²) in [4.78, 5) is 2.83. The van der Waals surface area contributed by atoms with Gasteiger partial charge >= 0.3 is 0 Å². The number of hydrogen-bond donors (Lipinski definition) is 1. The van der Waals surface area contributed by atoms with Crippen molar-refractivity contribution < 1.29 is 0 Å². The van der Waals surface area contributed by atoms with Gasteiger partial charge in [0.1, 0.15) is 0 Å². The molecule has 0 spiro atoms. The van der Waals surface area contributed by atoms with Crippen LogP contribution in [0.4, 0.5) is 0 Å². The Balaban J connectivity index is 1.59. The van der Waals surface area contributed by atoms with E-state index in [1.807, 2.05) is 0 Å². The second kappa shape index (κ2) is 4.42. The van der Waals surface area contributed by atoms with E-state index in [1.165, 1.54) is 64.7 Å². The molecule has 3 aliphatic rings. The summed E-state index contributed by atoms with van der Waals surface area (Å²) in [6, 6.07) is 0.972. The molecule has 3 atom stereocenters. The van der Waals surface area contributed by atoms with Crippen LogP contribution in [0.25, 0.3) is 0 Å². The first kappa shape index (κ1) is 10.1. The number of piperidine rings is 1. The number of likely N-dealkylation sites (tertiary alicyclic amines) is 1. The van der Waals surface area contributed by atoms with Crippen molar-refractivity contribution in [1.29, 1.82) is 0 Å². The summed E-state index contributed by atoms with van der Waals surface area (Å²) in [6.07, 6.45) is 8.89. The van der Waals surface area contributed by atoms with E-state index < -0.39 is 0 Å². The van der Waals surface area contributed by atoms with Gasteiger partial charge in [0.15, 0.2) is 0 Å². The van der Waals surface area contributed by atoms with Crippen LogP contribution in [0.3, 0.4) is 0 Å². The fourth-order valence-electron chi connectivity index (χ4n) is 3.99. The van der Waals surface area contributed by atoms with E-state index in [4.69, 9.17) is 0 Å². The molecule has 15 heavy (non-hydrogen) atoms. The first-order valence-electron chi connectivity index (χ1n) is 6.88. The van der Waals surface area contributed by atoms with Crippen molar-refractivity contribution in [3.63, 3.8) is 0 Å². The standard InChI is InChI=1S/C13H24N2/c1-3-12-4-2-8-15(13(12)5-1)10-11-6-7-14-9-11/h11-14H,1-10H2. The molecule has 1 aliphatic carbocycles. The van der Waals surface area contributed by atoms with Gasteiger partial charge in [-0.2, -0.15) is 0 Å². The Hall–Kier alpha value is -0.0800. The molecule has 0 amide bonds. The molecule has 2 nitrogen and oxygen atoms in total. The van der Waals surface area contributed by atoms with Crippen LogP contribution in [-0.4, -0.2) is 37.1 Å². The van der Waals surface area contributed by atoms with Gasteiger partial charge in [0.25, 0.3) is 0 Å². The predicted molar refractivity (Wildman–Crippen MR) is 62.9 cm³/mol. The smallest absolute Gasteiger partial charge is 0.0124 e. The highest BCUT2D eigenvalue weighted by molar-refractivity contribution is 4.90. The van der Waals surface area contributed by atoms with Crippen molar-refractivity contribution in [3.8, 4) is 0 Å². The number of hydrogen-bond acceptors (Lipinski definition) is 2. The second-order valence-corrected chi connectivity index (χ2v) is 5.75. The van der Waals surface area contributed by atoms with Gasteiger partial charge in [-0.3, -0.25) is 4.90 Å². The lowest BCUT2D eigenvalue weighted by molar-refractivity contribution is 0.0975. The molecule has 0 aromatic carbocycles. The predicted octanol–water partition coefficient (Wildman–Crippen LogP) is 1.86. The van der Waals surface area contributed by atoms with Crippen molar-refractivity contribution in [2.45, 2.75) is 44.6 Å². The molecule has 86 valence electrons. The Morgan fingerprint density at radius 1 is 1.07 bits per heavy atom. The lowest BCUT2D eigenvalue weighted by Gasteiger charge is -2.39. The Morgan fingerprint density at radius 2 is 2.00 bits per heavy atom. The fourth-order valence-corrected chi connectivity index (χ4v) is 3.99. The molecule has 0 bridgehead atoms. The maximum atomic E-state index is 3.49. The van der Waals surface area contributed by atoms with E-state index in [9.17, 15) is 0 Å². The number of nitrogens with zero attached hydrogens (tertiary/aromatic N) is 1.